The van der Waals surface area contributed by atoms with Crippen LogP contribution in [0.5, 0.6) is 0 Å². The van der Waals surface area contributed by atoms with Crippen LogP contribution in [0.2, 0.25) is 0 Å². The van der Waals surface area contributed by atoms with Crippen molar-refractivity contribution in [2.75, 3.05) is 0 Å². The van der Waals surface area contributed by atoms with E-state index >= 15 is 0 Å². The summed E-state index contributed by atoms with van der Waals surface area (Å²) in [6, 6.07) is 14.7. The normalized spacial score (nSPS) is 10.3. The van der Waals surface area contributed by atoms with Gasteiger partial charge in [0.15, 0.2) is 0 Å². The van der Waals surface area contributed by atoms with Gasteiger partial charge < -0.3 is 0 Å². The molecule has 0 aliphatic rings. The van der Waals surface area contributed by atoms with Crippen LogP contribution < -0.4 is 0 Å². The number of hydrogen-bond acceptors (Lipinski definition) is 1. The maximum Gasteiger partial charge on any atom is 0.0450 e. The first kappa shape index (κ1) is 9.91. The van der Waals surface area contributed by atoms with Gasteiger partial charge in [-0.25, -0.2) is 0 Å². The number of benzene rings is 1. The van der Waals surface area contributed by atoms with Crippen molar-refractivity contribution in [3.8, 4) is 0 Å². The molecule has 76 valence electrons. The van der Waals surface area contributed by atoms with Crippen molar-refractivity contribution in [1.82, 2.24) is 4.98 Å². The molecule has 0 N–H and O–H groups in total. The summed E-state index contributed by atoms with van der Waals surface area (Å²) in [5, 5.41) is 0. The fourth-order valence-electron chi connectivity index (χ4n) is 1.59. The minimum absolute atomic E-state index is 0.919. The highest BCUT2D eigenvalue weighted by Crippen LogP contribution is 2.10. The lowest BCUT2D eigenvalue weighted by Gasteiger charge is -2.04. The summed E-state index contributed by atoms with van der Waals surface area (Å²) in [6.45, 7) is 4.15. The van der Waals surface area contributed by atoms with E-state index in [1.165, 1.54) is 11.1 Å². The average molecular weight is 197 g/mol. The predicted molar refractivity (Wildman–Crippen MR) is 63.0 cm³/mol. The molecule has 0 amide bonds. The molecule has 0 spiro atoms. The number of rotatable bonds is 2. The number of nitrogens with zero attached hydrogens (tertiary/aromatic N) is 1. The molecule has 1 heterocycles. The number of aryl methyl sites for hydroxylation is 2. The zero-order valence-electron chi connectivity index (χ0n) is 9.20. The molecule has 0 aliphatic carbocycles. The molecular weight excluding hydrogens is 182 g/mol. The Bertz CT molecular complexity index is 446. The quantitative estimate of drug-likeness (QED) is 0.720. The second-order valence-corrected chi connectivity index (χ2v) is 3.87. The molecular formula is C14H15N. The van der Waals surface area contributed by atoms with E-state index in [-0.39, 0.29) is 0 Å². The summed E-state index contributed by atoms with van der Waals surface area (Å²) in [7, 11) is 0. The van der Waals surface area contributed by atoms with Crippen molar-refractivity contribution >= 4 is 0 Å². The Labute approximate surface area is 90.8 Å². The minimum atomic E-state index is 0.919. The SMILES string of the molecule is Cc1ccc(Cc2ccccc2)nc1C. The first-order valence-electron chi connectivity index (χ1n) is 5.23. The van der Waals surface area contributed by atoms with Gasteiger partial charge in [-0.3, -0.25) is 4.98 Å². The molecule has 0 bridgehead atoms. The molecule has 0 unspecified atom stereocenters. The van der Waals surface area contributed by atoms with Crippen molar-refractivity contribution in [2.45, 2.75) is 20.3 Å². The second kappa shape index (κ2) is 4.26. The van der Waals surface area contributed by atoms with Crippen LogP contribution in [0.15, 0.2) is 42.5 Å². The van der Waals surface area contributed by atoms with Crippen LogP contribution in [-0.2, 0) is 6.42 Å². The predicted octanol–water partition coefficient (Wildman–Crippen LogP) is 3.29. The molecule has 1 aromatic heterocycles. The Kier molecular flexibility index (Phi) is 2.82. The second-order valence-electron chi connectivity index (χ2n) is 3.87. The summed E-state index contributed by atoms with van der Waals surface area (Å²) in [4.78, 5) is 4.57. The maximum atomic E-state index is 4.57. The summed E-state index contributed by atoms with van der Waals surface area (Å²) in [6.07, 6.45) is 0.919. The molecule has 1 nitrogen and oxygen atoms in total. The largest absolute Gasteiger partial charge is 0.258 e. The summed E-state index contributed by atoms with van der Waals surface area (Å²) < 4.78 is 0. The highest BCUT2D eigenvalue weighted by molar-refractivity contribution is 5.25. The molecule has 0 fully saturated rings. The molecule has 15 heavy (non-hydrogen) atoms. The molecule has 0 saturated carbocycles. The Morgan fingerprint density at radius 1 is 0.933 bits per heavy atom. The van der Waals surface area contributed by atoms with E-state index in [0.717, 1.165) is 17.8 Å². The van der Waals surface area contributed by atoms with Crippen LogP contribution in [0, 0.1) is 13.8 Å². The Balaban J connectivity index is 2.22. The van der Waals surface area contributed by atoms with Crippen LogP contribution in [0.1, 0.15) is 22.5 Å². The number of pyridine rings is 1. The van der Waals surface area contributed by atoms with Gasteiger partial charge >= 0.3 is 0 Å². The van der Waals surface area contributed by atoms with Crippen molar-refractivity contribution in [1.29, 1.82) is 0 Å². The first-order valence-corrected chi connectivity index (χ1v) is 5.23. The maximum absolute atomic E-state index is 4.57. The minimum Gasteiger partial charge on any atom is -0.258 e. The van der Waals surface area contributed by atoms with E-state index in [4.69, 9.17) is 0 Å². The smallest absolute Gasteiger partial charge is 0.0450 e. The molecule has 2 aromatic rings. The van der Waals surface area contributed by atoms with E-state index in [1.54, 1.807) is 0 Å². The van der Waals surface area contributed by atoms with E-state index in [1.807, 2.05) is 6.07 Å². The standard InChI is InChI=1S/C14H15N/c1-11-8-9-14(15-12(11)2)10-13-6-4-3-5-7-13/h3-9H,10H2,1-2H3. The third-order valence-corrected chi connectivity index (χ3v) is 2.64. The Hall–Kier alpha value is -1.63. The zero-order valence-corrected chi connectivity index (χ0v) is 9.20. The molecule has 0 saturated heterocycles. The molecule has 1 heteroatoms. The lowest BCUT2D eigenvalue weighted by atomic mass is 10.1. The van der Waals surface area contributed by atoms with Gasteiger partial charge in [0, 0.05) is 17.8 Å². The highest BCUT2D eigenvalue weighted by Gasteiger charge is 1.99. The van der Waals surface area contributed by atoms with Gasteiger partial charge in [-0.1, -0.05) is 36.4 Å². The van der Waals surface area contributed by atoms with E-state index in [0.29, 0.717) is 0 Å². The zero-order chi connectivity index (χ0) is 10.7. The molecule has 0 atom stereocenters. The van der Waals surface area contributed by atoms with Crippen LogP contribution in [0.25, 0.3) is 0 Å². The Morgan fingerprint density at radius 2 is 1.67 bits per heavy atom. The fraction of sp³-hybridized carbons (Fsp3) is 0.214. The van der Waals surface area contributed by atoms with Gasteiger partial charge in [-0.05, 0) is 31.0 Å². The van der Waals surface area contributed by atoms with Crippen molar-refractivity contribution in [2.24, 2.45) is 0 Å². The summed E-state index contributed by atoms with van der Waals surface area (Å²) in [5.41, 5.74) is 4.84. The highest BCUT2D eigenvalue weighted by atomic mass is 14.7. The fourth-order valence-corrected chi connectivity index (χ4v) is 1.59. The van der Waals surface area contributed by atoms with Gasteiger partial charge in [0.25, 0.3) is 0 Å². The van der Waals surface area contributed by atoms with Gasteiger partial charge in [0.2, 0.25) is 0 Å². The van der Waals surface area contributed by atoms with Crippen molar-refractivity contribution < 1.29 is 0 Å². The van der Waals surface area contributed by atoms with Gasteiger partial charge in [0.05, 0.1) is 0 Å². The number of hydrogen-bond donors (Lipinski definition) is 0. The lowest BCUT2D eigenvalue weighted by Crippen LogP contribution is -1.95. The summed E-state index contributed by atoms with van der Waals surface area (Å²) >= 11 is 0. The summed E-state index contributed by atoms with van der Waals surface area (Å²) in [5.74, 6) is 0. The average Bonchev–Trinajstić information content (AvgIpc) is 2.25. The van der Waals surface area contributed by atoms with Crippen molar-refractivity contribution in [3.05, 3.63) is 65.0 Å². The number of aromatic nitrogens is 1. The van der Waals surface area contributed by atoms with E-state index < -0.39 is 0 Å². The topological polar surface area (TPSA) is 12.9 Å². The van der Waals surface area contributed by atoms with E-state index in [2.05, 4.69) is 55.2 Å². The van der Waals surface area contributed by atoms with E-state index in [9.17, 15) is 0 Å². The molecule has 0 radical (unpaired) electrons. The van der Waals surface area contributed by atoms with Crippen LogP contribution in [0.3, 0.4) is 0 Å². The van der Waals surface area contributed by atoms with Crippen LogP contribution in [0.4, 0.5) is 0 Å². The molecule has 1 aromatic carbocycles. The lowest BCUT2D eigenvalue weighted by molar-refractivity contribution is 1.02. The van der Waals surface area contributed by atoms with Crippen LogP contribution >= 0.6 is 0 Å². The first-order chi connectivity index (χ1) is 7.25. The van der Waals surface area contributed by atoms with Gasteiger partial charge in [-0.15, -0.1) is 0 Å². The molecule has 0 aliphatic heterocycles. The monoisotopic (exact) mass is 197 g/mol. The molecule has 2 rings (SSSR count). The van der Waals surface area contributed by atoms with Gasteiger partial charge in [-0.2, -0.15) is 0 Å². The third kappa shape index (κ3) is 2.44. The Morgan fingerprint density at radius 3 is 2.33 bits per heavy atom. The van der Waals surface area contributed by atoms with Crippen LogP contribution in [-0.4, -0.2) is 4.98 Å². The third-order valence-electron chi connectivity index (χ3n) is 2.64. The van der Waals surface area contributed by atoms with Gasteiger partial charge in [0.1, 0.15) is 0 Å². The van der Waals surface area contributed by atoms with Crippen molar-refractivity contribution in [3.63, 3.8) is 0 Å².